The first-order chi connectivity index (χ1) is 11.7. The molecule has 1 aromatic rings. The van der Waals surface area contributed by atoms with Gasteiger partial charge in [0.1, 0.15) is 0 Å². The summed E-state index contributed by atoms with van der Waals surface area (Å²) >= 11 is 2.10. The summed E-state index contributed by atoms with van der Waals surface area (Å²) in [4.78, 5) is 22.8. The minimum atomic E-state index is 0.184. The van der Waals surface area contributed by atoms with Crippen LogP contribution in [0.15, 0.2) is 18.3 Å². The standard InChI is InChI=1S/C18H28N4OS/c1-3-18-14-22(10-11-24-18)17-4-5-19-16(12-17)13-20-6-8-21(9-7-20)15(2)23/h4-5,12,18H,3,6-11,13-14H2,1-2H3. The molecule has 0 saturated carbocycles. The molecule has 3 heterocycles. The first kappa shape index (κ1) is 17.5. The minimum Gasteiger partial charge on any atom is -0.369 e. The fourth-order valence-electron chi connectivity index (χ4n) is 3.40. The molecule has 24 heavy (non-hydrogen) atoms. The van der Waals surface area contributed by atoms with Crippen LogP contribution < -0.4 is 4.90 Å². The summed E-state index contributed by atoms with van der Waals surface area (Å²) in [5.74, 6) is 1.40. The summed E-state index contributed by atoms with van der Waals surface area (Å²) in [5.41, 5.74) is 2.44. The molecule has 1 atom stereocenters. The molecule has 0 aliphatic carbocycles. The summed E-state index contributed by atoms with van der Waals surface area (Å²) < 4.78 is 0. The van der Waals surface area contributed by atoms with Gasteiger partial charge in [0.15, 0.2) is 0 Å². The fourth-order valence-corrected chi connectivity index (χ4v) is 4.58. The van der Waals surface area contributed by atoms with E-state index < -0.39 is 0 Å². The highest BCUT2D eigenvalue weighted by atomic mass is 32.2. The van der Waals surface area contributed by atoms with Crippen LogP contribution in [0.3, 0.4) is 0 Å². The molecule has 0 spiro atoms. The van der Waals surface area contributed by atoms with Gasteiger partial charge in [0.25, 0.3) is 0 Å². The van der Waals surface area contributed by atoms with Crippen molar-refractivity contribution in [2.75, 3.05) is 49.9 Å². The van der Waals surface area contributed by atoms with Gasteiger partial charge in [0.05, 0.1) is 5.69 Å². The predicted octanol–water partition coefficient (Wildman–Crippen LogP) is 2.08. The van der Waals surface area contributed by atoms with E-state index in [4.69, 9.17) is 0 Å². The van der Waals surface area contributed by atoms with E-state index in [0.717, 1.165) is 56.8 Å². The number of rotatable bonds is 4. The van der Waals surface area contributed by atoms with Crippen LogP contribution in [0.4, 0.5) is 5.69 Å². The lowest BCUT2D eigenvalue weighted by atomic mass is 10.2. The van der Waals surface area contributed by atoms with E-state index in [9.17, 15) is 4.79 Å². The number of hydrogen-bond donors (Lipinski definition) is 0. The maximum Gasteiger partial charge on any atom is 0.219 e. The van der Waals surface area contributed by atoms with Crippen molar-refractivity contribution < 1.29 is 4.79 Å². The van der Waals surface area contributed by atoms with Gasteiger partial charge in [0, 0.05) is 75.6 Å². The maximum atomic E-state index is 11.4. The van der Waals surface area contributed by atoms with E-state index in [1.165, 1.54) is 17.9 Å². The van der Waals surface area contributed by atoms with E-state index in [1.54, 1.807) is 6.92 Å². The van der Waals surface area contributed by atoms with Crippen LogP contribution in [0.5, 0.6) is 0 Å². The Kier molecular flexibility index (Phi) is 6.00. The van der Waals surface area contributed by atoms with Crippen LogP contribution in [-0.4, -0.2) is 71.0 Å². The zero-order chi connectivity index (χ0) is 16.9. The molecule has 2 fully saturated rings. The molecule has 0 bridgehead atoms. The fraction of sp³-hybridized carbons (Fsp3) is 0.667. The third-order valence-corrected chi connectivity index (χ3v) is 6.33. The zero-order valence-electron chi connectivity index (χ0n) is 14.8. The molecule has 1 amide bonds. The number of nitrogens with zero attached hydrogens (tertiary/aromatic N) is 4. The molecule has 0 aromatic carbocycles. The quantitative estimate of drug-likeness (QED) is 0.833. The van der Waals surface area contributed by atoms with Crippen molar-refractivity contribution in [3.63, 3.8) is 0 Å². The highest BCUT2D eigenvalue weighted by molar-refractivity contribution is 8.00. The Morgan fingerprint density at radius 2 is 2.08 bits per heavy atom. The lowest BCUT2D eigenvalue weighted by molar-refractivity contribution is -0.130. The second kappa shape index (κ2) is 8.21. The molecular weight excluding hydrogens is 320 g/mol. The van der Waals surface area contributed by atoms with Gasteiger partial charge in [-0.1, -0.05) is 6.92 Å². The van der Waals surface area contributed by atoms with E-state index in [1.807, 2.05) is 11.1 Å². The van der Waals surface area contributed by atoms with E-state index in [0.29, 0.717) is 0 Å². The number of piperazine rings is 1. The molecule has 1 aromatic heterocycles. The van der Waals surface area contributed by atoms with Gasteiger partial charge >= 0.3 is 0 Å². The number of pyridine rings is 1. The Balaban J connectivity index is 1.58. The molecule has 0 N–H and O–H groups in total. The Hall–Kier alpha value is -1.27. The van der Waals surface area contributed by atoms with Gasteiger partial charge in [-0.25, -0.2) is 0 Å². The highest BCUT2D eigenvalue weighted by Crippen LogP contribution is 2.26. The average Bonchev–Trinajstić information content (AvgIpc) is 2.62. The number of carbonyl (C=O) groups excluding carboxylic acids is 1. The number of aromatic nitrogens is 1. The molecule has 132 valence electrons. The summed E-state index contributed by atoms with van der Waals surface area (Å²) in [5, 5.41) is 0.745. The van der Waals surface area contributed by atoms with E-state index in [-0.39, 0.29) is 5.91 Å². The van der Waals surface area contributed by atoms with E-state index in [2.05, 4.69) is 45.6 Å². The molecule has 1 unspecified atom stereocenters. The topological polar surface area (TPSA) is 39.7 Å². The first-order valence-corrected chi connectivity index (χ1v) is 10.00. The molecule has 0 radical (unpaired) electrons. The van der Waals surface area contributed by atoms with Crippen molar-refractivity contribution in [1.82, 2.24) is 14.8 Å². The number of thioether (sulfide) groups is 1. The summed E-state index contributed by atoms with van der Waals surface area (Å²) in [7, 11) is 0. The van der Waals surface area contributed by atoms with Gasteiger partial charge in [-0.3, -0.25) is 14.7 Å². The number of hydrogen-bond acceptors (Lipinski definition) is 5. The van der Waals surface area contributed by atoms with Crippen LogP contribution in [0, 0.1) is 0 Å². The number of carbonyl (C=O) groups is 1. The van der Waals surface area contributed by atoms with Crippen molar-refractivity contribution in [3.05, 3.63) is 24.0 Å². The van der Waals surface area contributed by atoms with Crippen molar-refractivity contribution in [2.45, 2.75) is 32.1 Å². The predicted molar refractivity (Wildman–Crippen MR) is 101 cm³/mol. The van der Waals surface area contributed by atoms with Gasteiger partial charge in [-0.15, -0.1) is 0 Å². The van der Waals surface area contributed by atoms with Crippen LogP contribution in [-0.2, 0) is 11.3 Å². The zero-order valence-corrected chi connectivity index (χ0v) is 15.6. The normalized spacial score (nSPS) is 22.7. The van der Waals surface area contributed by atoms with Crippen LogP contribution >= 0.6 is 11.8 Å². The van der Waals surface area contributed by atoms with Gasteiger partial charge in [-0.05, 0) is 18.6 Å². The summed E-state index contributed by atoms with van der Waals surface area (Å²) in [6.45, 7) is 10.6. The van der Waals surface area contributed by atoms with Crippen LogP contribution in [0.25, 0.3) is 0 Å². The molecule has 2 aliphatic rings. The molecule has 5 nitrogen and oxygen atoms in total. The Morgan fingerprint density at radius 3 is 2.79 bits per heavy atom. The SMILES string of the molecule is CCC1CN(c2ccnc(CN3CCN(C(C)=O)CC3)c2)CCS1. The first-order valence-electron chi connectivity index (χ1n) is 8.95. The van der Waals surface area contributed by atoms with Crippen molar-refractivity contribution in [2.24, 2.45) is 0 Å². The Labute approximate surface area is 149 Å². The second-order valence-corrected chi connectivity index (χ2v) is 8.04. The molecule has 2 aliphatic heterocycles. The largest absolute Gasteiger partial charge is 0.369 e. The van der Waals surface area contributed by atoms with Gasteiger partial charge in [-0.2, -0.15) is 11.8 Å². The molecule has 3 rings (SSSR count). The van der Waals surface area contributed by atoms with Gasteiger partial charge in [0.2, 0.25) is 5.91 Å². The molecular formula is C18H28N4OS. The van der Waals surface area contributed by atoms with E-state index >= 15 is 0 Å². The van der Waals surface area contributed by atoms with Crippen LogP contribution in [0.1, 0.15) is 26.0 Å². The third-order valence-electron chi connectivity index (χ3n) is 4.96. The summed E-state index contributed by atoms with van der Waals surface area (Å²) in [6.07, 6.45) is 3.18. The number of anilines is 1. The summed E-state index contributed by atoms with van der Waals surface area (Å²) in [6, 6.07) is 4.39. The average molecular weight is 349 g/mol. The molecule has 6 heteroatoms. The van der Waals surface area contributed by atoms with Crippen molar-refractivity contribution in [3.8, 4) is 0 Å². The third kappa shape index (κ3) is 4.42. The van der Waals surface area contributed by atoms with Crippen molar-refractivity contribution >= 4 is 23.4 Å². The second-order valence-electron chi connectivity index (χ2n) is 6.63. The monoisotopic (exact) mass is 348 g/mol. The number of amides is 1. The highest BCUT2D eigenvalue weighted by Gasteiger charge is 2.21. The smallest absolute Gasteiger partial charge is 0.219 e. The lowest BCUT2D eigenvalue weighted by Gasteiger charge is -2.35. The van der Waals surface area contributed by atoms with Crippen molar-refractivity contribution in [1.29, 1.82) is 0 Å². The van der Waals surface area contributed by atoms with Gasteiger partial charge < -0.3 is 9.80 Å². The minimum absolute atomic E-state index is 0.184. The van der Waals surface area contributed by atoms with Crippen LogP contribution in [0.2, 0.25) is 0 Å². The maximum absolute atomic E-state index is 11.4. The molecule has 2 saturated heterocycles. The Bertz CT molecular complexity index is 560. The Morgan fingerprint density at radius 1 is 1.29 bits per heavy atom. The lowest BCUT2D eigenvalue weighted by Crippen LogP contribution is -2.47.